The second-order valence-corrected chi connectivity index (χ2v) is 18.0. The second-order valence-electron chi connectivity index (χ2n) is 18.0. The SMILES string of the molecule is C1=CCCC(c2cc(-c3ccccc3)cc(-c3ccc(-c4ccc5oc6cc7oc8ccc(-c9ccc(-c%10cc(-c%11ccccc%11)cc(-c%11ccccc%11)c%10)cc9)cc8c7cc6c5c4)cc3)c2)=C1. The van der Waals surface area contributed by atoms with E-state index in [1.54, 1.807) is 0 Å². The van der Waals surface area contributed by atoms with Crippen molar-refractivity contribution in [2.45, 2.75) is 12.8 Å². The quantitative estimate of drug-likeness (QED) is 0.152. The maximum atomic E-state index is 6.47. The Kier molecular flexibility index (Phi) is 9.68. The summed E-state index contributed by atoms with van der Waals surface area (Å²) in [5.41, 5.74) is 22.7. The summed E-state index contributed by atoms with van der Waals surface area (Å²) in [6.07, 6.45) is 8.83. The van der Waals surface area contributed by atoms with E-state index in [1.807, 2.05) is 0 Å². The van der Waals surface area contributed by atoms with Crippen LogP contribution in [0.4, 0.5) is 0 Å². The molecule has 10 aromatic carbocycles. The molecule has 0 unspecified atom stereocenters. The Labute approximate surface area is 395 Å². The van der Waals surface area contributed by atoms with Crippen molar-refractivity contribution in [1.29, 1.82) is 0 Å². The highest BCUT2D eigenvalue weighted by molar-refractivity contribution is 6.16. The summed E-state index contributed by atoms with van der Waals surface area (Å²) in [5, 5.41) is 4.33. The molecule has 2 heterocycles. The zero-order valence-corrected chi connectivity index (χ0v) is 37.3. The Balaban J connectivity index is 0.823. The Morgan fingerprint density at radius 1 is 0.250 bits per heavy atom. The van der Waals surface area contributed by atoms with Crippen LogP contribution in [0.1, 0.15) is 18.4 Å². The zero-order chi connectivity index (χ0) is 45.0. The van der Waals surface area contributed by atoms with Crippen LogP contribution in [0, 0.1) is 0 Å². The van der Waals surface area contributed by atoms with E-state index in [4.69, 9.17) is 8.83 Å². The first kappa shape index (κ1) is 39.6. The molecule has 2 heteroatoms. The van der Waals surface area contributed by atoms with E-state index in [1.165, 1.54) is 66.8 Å². The van der Waals surface area contributed by atoms with E-state index in [0.717, 1.165) is 79.0 Å². The Hall–Kier alpha value is -8.72. The van der Waals surface area contributed by atoms with Gasteiger partial charge in [0.05, 0.1) is 0 Å². The van der Waals surface area contributed by atoms with E-state index in [-0.39, 0.29) is 0 Å². The summed E-state index contributed by atoms with van der Waals surface area (Å²) in [5.74, 6) is 0. The topological polar surface area (TPSA) is 26.3 Å². The van der Waals surface area contributed by atoms with Gasteiger partial charge in [0, 0.05) is 27.6 Å². The molecule has 12 aromatic rings. The molecule has 320 valence electrons. The first-order valence-corrected chi connectivity index (χ1v) is 23.5. The average Bonchev–Trinajstić information content (AvgIpc) is 3.97. The summed E-state index contributed by atoms with van der Waals surface area (Å²) in [7, 11) is 0. The lowest BCUT2D eigenvalue weighted by Gasteiger charge is -2.15. The van der Waals surface area contributed by atoms with E-state index in [9.17, 15) is 0 Å². The van der Waals surface area contributed by atoms with Crippen LogP contribution in [0.2, 0.25) is 0 Å². The lowest BCUT2D eigenvalue weighted by molar-refractivity contribution is 0.656. The minimum atomic E-state index is 0.818. The van der Waals surface area contributed by atoms with Crippen LogP contribution >= 0.6 is 0 Å². The maximum absolute atomic E-state index is 6.47. The molecule has 13 rings (SSSR count). The minimum absolute atomic E-state index is 0.818. The molecule has 0 bridgehead atoms. The molecule has 0 aliphatic heterocycles. The number of furan rings is 2. The fourth-order valence-corrected chi connectivity index (χ4v) is 10.1. The summed E-state index contributed by atoms with van der Waals surface area (Å²) < 4.78 is 12.9. The summed E-state index contributed by atoms with van der Waals surface area (Å²) in [6, 6.07) is 81.2. The number of fused-ring (bicyclic) bond motifs is 6. The van der Waals surface area contributed by atoms with Gasteiger partial charge >= 0.3 is 0 Å². The van der Waals surface area contributed by atoms with E-state index in [2.05, 4.69) is 243 Å². The van der Waals surface area contributed by atoms with Gasteiger partial charge in [0.2, 0.25) is 0 Å². The Bertz CT molecular complexity index is 3850. The van der Waals surface area contributed by atoms with Crippen LogP contribution in [0.15, 0.2) is 252 Å². The third-order valence-corrected chi connectivity index (χ3v) is 13.7. The molecule has 0 spiro atoms. The average molecular weight is 869 g/mol. The van der Waals surface area contributed by atoms with Crippen molar-refractivity contribution in [2.24, 2.45) is 0 Å². The lowest BCUT2D eigenvalue weighted by Crippen LogP contribution is -1.91. The molecule has 2 aromatic heterocycles. The summed E-state index contributed by atoms with van der Waals surface area (Å²) >= 11 is 0. The largest absolute Gasteiger partial charge is 0.456 e. The van der Waals surface area contributed by atoms with Crippen molar-refractivity contribution in [2.75, 3.05) is 0 Å². The zero-order valence-electron chi connectivity index (χ0n) is 37.3. The fourth-order valence-electron chi connectivity index (χ4n) is 10.1. The van der Waals surface area contributed by atoms with Gasteiger partial charge in [-0.15, -0.1) is 0 Å². The predicted molar refractivity (Wildman–Crippen MR) is 285 cm³/mol. The normalized spacial score (nSPS) is 12.6. The third kappa shape index (κ3) is 7.33. The van der Waals surface area contributed by atoms with Gasteiger partial charge in [-0.25, -0.2) is 0 Å². The molecule has 0 amide bonds. The molecule has 2 nitrogen and oxygen atoms in total. The van der Waals surface area contributed by atoms with E-state index in [0.29, 0.717) is 0 Å². The monoisotopic (exact) mass is 868 g/mol. The molecule has 1 aliphatic carbocycles. The maximum Gasteiger partial charge on any atom is 0.139 e. The van der Waals surface area contributed by atoms with E-state index >= 15 is 0 Å². The highest BCUT2D eigenvalue weighted by Gasteiger charge is 2.17. The van der Waals surface area contributed by atoms with Crippen LogP contribution in [0.3, 0.4) is 0 Å². The van der Waals surface area contributed by atoms with Crippen molar-refractivity contribution in [1.82, 2.24) is 0 Å². The van der Waals surface area contributed by atoms with Crippen molar-refractivity contribution < 1.29 is 8.83 Å². The van der Waals surface area contributed by atoms with Crippen molar-refractivity contribution >= 4 is 49.5 Å². The smallest absolute Gasteiger partial charge is 0.139 e. The van der Waals surface area contributed by atoms with Crippen molar-refractivity contribution in [3.05, 3.63) is 248 Å². The molecule has 0 saturated carbocycles. The van der Waals surface area contributed by atoms with Gasteiger partial charge in [-0.1, -0.05) is 170 Å². The Morgan fingerprint density at radius 3 is 0.971 bits per heavy atom. The molecule has 0 radical (unpaired) electrons. The van der Waals surface area contributed by atoms with Gasteiger partial charge in [-0.2, -0.15) is 0 Å². The highest BCUT2D eigenvalue weighted by atomic mass is 16.3. The first-order valence-electron chi connectivity index (χ1n) is 23.5. The molecule has 0 N–H and O–H groups in total. The van der Waals surface area contributed by atoms with E-state index < -0.39 is 0 Å². The van der Waals surface area contributed by atoms with Crippen LogP contribution in [-0.4, -0.2) is 0 Å². The molecular weight excluding hydrogens is 825 g/mol. The third-order valence-electron chi connectivity index (χ3n) is 13.7. The number of hydrogen-bond acceptors (Lipinski definition) is 2. The summed E-state index contributed by atoms with van der Waals surface area (Å²) in [4.78, 5) is 0. The molecule has 68 heavy (non-hydrogen) atoms. The first-order chi connectivity index (χ1) is 33.6. The van der Waals surface area contributed by atoms with Crippen LogP contribution in [0.5, 0.6) is 0 Å². The lowest BCUT2D eigenvalue weighted by atomic mass is 9.90. The van der Waals surface area contributed by atoms with Gasteiger partial charge in [-0.3, -0.25) is 0 Å². The molecular formula is C66H44O2. The number of benzene rings is 10. The molecule has 0 fully saturated rings. The predicted octanol–water partition coefficient (Wildman–Crippen LogP) is 18.9. The van der Waals surface area contributed by atoms with Gasteiger partial charge in [0.15, 0.2) is 0 Å². The number of hydrogen-bond donors (Lipinski definition) is 0. The number of rotatable bonds is 8. The number of allylic oxidation sites excluding steroid dienone is 4. The van der Waals surface area contributed by atoms with Gasteiger partial charge in [0.1, 0.15) is 22.3 Å². The summed E-state index contributed by atoms with van der Waals surface area (Å²) in [6.45, 7) is 0. The van der Waals surface area contributed by atoms with Crippen LogP contribution in [-0.2, 0) is 0 Å². The fraction of sp³-hybridized carbons (Fsp3) is 0.0303. The van der Waals surface area contributed by atoms with Crippen LogP contribution in [0.25, 0.3) is 127 Å². The molecule has 0 saturated heterocycles. The second kappa shape index (κ2) is 16.6. The molecule has 0 atom stereocenters. The highest BCUT2D eigenvalue weighted by Crippen LogP contribution is 2.41. The van der Waals surface area contributed by atoms with Crippen molar-refractivity contribution in [3.63, 3.8) is 0 Å². The van der Waals surface area contributed by atoms with Crippen molar-refractivity contribution in [3.8, 4) is 77.9 Å². The standard InChI is InChI=1S/C66H44O2/c1-5-13-43(14-6-1)53-33-54(44-15-7-2-8-16-44)36-57(35-53)49-25-21-47(22-26-49)51-29-31-63-59(39-51)61-41-62-60-40-52(30-32-64(60)68-66(62)42-65(61)67-63)48-23-27-50(28-24-48)58-37-55(45-17-9-3-10-18-45)34-56(38-58)46-19-11-4-12-20-46/h1-11,13-19,21-42H,12,20H2. The van der Waals surface area contributed by atoms with Gasteiger partial charge in [-0.05, 0) is 169 Å². The van der Waals surface area contributed by atoms with Crippen LogP contribution < -0.4 is 0 Å². The molecule has 1 aliphatic rings. The van der Waals surface area contributed by atoms with Gasteiger partial charge in [0.25, 0.3) is 0 Å². The van der Waals surface area contributed by atoms with Gasteiger partial charge < -0.3 is 8.83 Å². The minimum Gasteiger partial charge on any atom is -0.456 e. The Morgan fingerprint density at radius 2 is 0.588 bits per heavy atom.